The van der Waals surface area contributed by atoms with Gasteiger partial charge in [0.15, 0.2) is 0 Å². The molecule has 4 nitrogen and oxygen atoms in total. The molecule has 0 aliphatic carbocycles. The Labute approximate surface area is 247 Å². The summed E-state index contributed by atoms with van der Waals surface area (Å²) in [4.78, 5) is 6.25. The highest BCUT2D eigenvalue weighted by atomic mass is 19.4. The molecule has 2 rings (SSSR count). The molecule has 0 amide bonds. The highest BCUT2D eigenvalue weighted by molar-refractivity contribution is 5.77. The van der Waals surface area contributed by atoms with Gasteiger partial charge in [-0.15, -0.1) is 0 Å². The Morgan fingerprint density at radius 2 is 1.41 bits per heavy atom. The lowest BCUT2D eigenvalue weighted by Gasteiger charge is -2.26. The zero-order valence-electron chi connectivity index (χ0n) is 26.4. The number of nitrogens with one attached hydrogen (secondary N) is 1. The maximum Gasteiger partial charge on any atom is 0.433 e. The van der Waals surface area contributed by atoms with Crippen molar-refractivity contribution >= 4 is 0 Å². The number of aromatic nitrogens is 1. The van der Waals surface area contributed by atoms with Crippen molar-refractivity contribution in [3.05, 3.63) is 46.3 Å². The van der Waals surface area contributed by atoms with Crippen LogP contribution in [0, 0.1) is 0 Å². The van der Waals surface area contributed by atoms with Gasteiger partial charge >= 0.3 is 6.18 Å². The molecule has 0 spiro atoms. The van der Waals surface area contributed by atoms with Crippen molar-refractivity contribution < 1.29 is 18.3 Å². The molecule has 0 saturated heterocycles. The Morgan fingerprint density at radius 1 is 0.829 bits per heavy atom. The minimum Gasteiger partial charge on any atom is -0.507 e. The van der Waals surface area contributed by atoms with E-state index in [0.717, 1.165) is 118 Å². The second-order valence-electron chi connectivity index (χ2n) is 11.3. The van der Waals surface area contributed by atoms with E-state index in [2.05, 4.69) is 56.7 Å². The number of phenols is 1. The number of hydrogen-bond acceptors (Lipinski definition) is 4. The number of nitrogens with zero attached hydrogens (tertiary/aromatic N) is 2. The third kappa shape index (κ3) is 10.3. The molecule has 0 aliphatic rings. The first-order valence-corrected chi connectivity index (χ1v) is 16.0. The second-order valence-corrected chi connectivity index (χ2v) is 11.3. The summed E-state index contributed by atoms with van der Waals surface area (Å²) in [5.41, 5.74) is 4.80. The van der Waals surface area contributed by atoms with Gasteiger partial charge in [0.2, 0.25) is 0 Å². The minimum absolute atomic E-state index is 0.307. The number of halogens is 3. The number of hydrogen-bond donors (Lipinski definition) is 2. The van der Waals surface area contributed by atoms with Crippen LogP contribution in [0.5, 0.6) is 5.75 Å². The monoisotopic (exact) mass is 577 g/mol. The topological polar surface area (TPSA) is 48.4 Å². The number of phenolic OH excluding ortho intramolecular Hbond substituents is 1. The molecule has 232 valence electrons. The molecule has 0 bridgehead atoms. The predicted molar refractivity (Wildman–Crippen MR) is 165 cm³/mol. The van der Waals surface area contributed by atoms with Gasteiger partial charge in [-0.1, -0.05) is 59.9 Å². The maximum atomic E-state index is 13.3. The van der Waals surface area contributed by atoms with Crippen LogP contribution in [0.15, 0.2) is 18.3 Å². The summed E-state index contributed by atoms with van der Waals surface area (Å²) in [6.07, 6.45) is 7.17. The standard InChI is InChI=1S/C34H54F3N3O/c1-7-12-17-27-30(24-38-25(6)16-15-22-40(10-4)11-5)28(18-13-8-2)33(41)29(19-14-9-3)32(27)26-20-21-31(39-23-26)34(35,36)37/h20-21,23,25,38,41H,7-19,22,24H2,1-6H3. The summed E-state index contributed by atoms with van der Waals surface area (Å²) in [6, 6.07) is 2.91. The molecule has 2 N–H and O–H groups in total. The molecule has 41 heavy (non-hydrogen) atoms. The lowest BCUT2D eigenvalue weighted by Crippen LogP contribution is -2.29. The van der Waals surface area contributed by atoms with E-state index in [-0.39, 0.29) is 0 Å². The molecule has 0 aliphatic heterocycles. The molecule has 1 aromatic carbocycles. The van der Waals surface area contributed by atoms with Gasteiger partial charge in [-0.05, 0) is 106 Å². The summed E-state index contributed by atoms with van der Waals surface area (Å²) in [7, 11) is 0. The molecule has 0 saturated carbocycles. The zero-order valence-corrected chi connectivity index (χ0v) is 26.4. The van der Waals surface area contributed by atoms with E-state index < -0.39 is 11.9 Å². The molecule has 2 aromatic rings. The van der Waals surface area contributed by atoms with E-state index in [4.69, 9.17) is 0 Å². The van der Waals surface area contributed by atoms with Crippen LogP contribution in [0.25, 0.3) is 11.1 Å². The third-order valence-electron chi connectivity index (χ3n) is 8.22. The third-order valence-corrected chi connectivity index (χ3v) is 8.22. The van der Waals surface area contributed by atoms with E-state index in [0.29, 0.717) is 30.3 Å². The normalized spacial score (nSPS) is 12.8. The summed E-state index contributed by atoms with van der Waals surface area (Å²) in [5, 5.41) is 15.5. The molecule has 1 atom stereocenters. The largest absolute Gasteiger partial charge is 0.507 e. The molecular formula is C34H54F3N3O. The number of aromatic hydroxyl groups is 1. The second kappa shape index (κ2) is 17.7. The molecule has 1 aromatic heterocycles. The van der Waals surface area contributed by atoms with Crippen molar-refractivity contribution in [3.63, 3.8) is 0 Å². The van der Waals surface area contributed by atoms with Crippen molar-refractivity contribution in [2.45, 2.75) is 131 Å². The predicted octanol–water partition coefficient (Wildman–Crippen LogP) is 9.10. The van der Waals surface area contributed by atoms with Crippen LogP contribution in [-0.4, -0.2) is 40.7 Å². The van der Waals surface area contributed by atoms with Gasteiger partial charge in [0.25, 0.3) is 0 Å². The fourth-order valence-electron chi connectivity index (χ4n) is 5.62. The zero-order chi connectivity index (χ0) is 30.4. The Balaban J connectivity index is 2.61. The average molecular weight is 578 g/mol. The molecule has 1 unspecified atom stereocenters. The smallest absolute Gasteiger partial charge is 0.433 e. The first kappa shape index (κ1) is 35.1. The van der Waals surface area contributed by atoms with E-state index in [9.17, 15) is 18.3 Å². The van der Waals surface area contributed by atoms with Crippen molar-refractivity contribution in [1.29, 1.82) is 0 Å². The van der Waals surface area contributed by atoms with E-state index >= 15 is 0 Å². The molecule has 0 radical (unpaired) electrons. The quantitative estimate of drug-likeness (QED) is 0.175. The molecule has 7 heteroatoms. The fourth-order valence-corrected chi connectivity index (χ4v) is 5.62. The Morgan fingerprint density at radius 3 is 1.93 bits per heavy atom. The minimum atomic E-state index is -4.49. The van der Waals surface area contributed by atoms with Gasteiger partial charge in [0.1, 0.15) is 11.4 Å². The van der Waals surface area contributed by atoms with Crippen LogP contribution in [0.4, 0.5) is 13.2 Å². The van der Waals surface area contributed by atoms with Crippen molar-refractivity contribution in [2.24, 2.45) is 0 Å². The highest BCUT2D eigenvalue weighted by Crippen LogP contribution is 2.42. The Hall–Kier alpha value is -2.12. The van der Waals surface area contributed by atoms with Crippen LogP contribution in [0.1, 0.15) is 121 Å². The van der Waals surface area contributed by atoms with Crippen molar-refractivity contribution in [2.75, 3.05) is 19.6 Å². The molecule has 1 heterocycles. The van der Waals surface area contributed by atoms with Gasteiger partial charge in [-0.2, -0.15) is 13.2 Å². The van der Waals surface area contributed by atoms with Crippen LogP contribution in [0.3, 0.4) is 0 Å². The number of unbranched alkanes of at least 4 members (excludes halogenated alkanes) is 3. The van der Waals surface area contributed by atoms with Crippen LogP contribution >= 0.6 is 0 Å². The summed E-state index contributed by atoms with van der Waals surface area (Å²) < 4.78 is 40.0. The van der Waals surface area contributed by atoms with Gasteiger partial charge < -0.3 is 15.3 Å². The van der Waals surface area contributed by atoms with Crippen molar-refractivity contribution in [1.82, 2.24) is 15.2 Å². The first-order chi connectivity index (χ1) is 19.6. The number of benzene rings is 1. The SMILES string of the molecule is CCCCc1c(O)c(CCCC)c(-c2ccc(C(F)(F)F)nc2)c(CCCC)c1CNC(C)CCCN(CC)CC. The van der Waals surface area contributed by atoms with Crippen LogP contribution < -0.4 is 5.32 Å². The van der Waals surface area contributed by atoms with E-state index in [1.165, 1.54) is 12.3 Å². The van der Waals surface area contributed by atoms with Gasteiger partial charge in [0.05, 0.1) is 0 Å². The molecular weight excluding hydrogens is 523 g/mol. The van der Waals surface area contributed by atoms with E-state index in [1.54, 1.807) is 0 Å². The van der Waals surface area contributed by atoms with Crippen LogP contribution in [0.2, 0.25) is 0 Å². The fraction of sp³-hybridized carbons (Fsp3) is 0.676. The molecule has 0 fully saturated rings. The Bertz CT molecular complexity index is 1030. The summed E-state index contributed by atoms with van der Waals surface area (Å²) in [5.74, 6) is 0.327. The lowest BCUT2D eigenvalue weighted by atomic mass is 9.82. The average Bonchev–Trinajstić information content (AvgIpc) is 2.95. The summed E-state index contributed by atoms with van der Waals surface area (Å²) >= 11 is 0. The number of rotatable bonds is 19. The van der Waals surface area contributed by atoms with Crippen LogP contribution in [-0.2, 0) is 32.0 Å². The lowest BCUT2D eigenvalue weighted by molar-refractivity contribution is -0.141. The summed E-state index contributed by atoms with van der Waals surface area (Å²) in [6.45, 7) is 16.9. The van der Waals surface area contributed by atoms with Gasteiger partial charge in [-0.25, -0.2) is 0 Å². The Kier molecular flexibility index (Phi) is 15.2. The van der Waals surface area contributed by atoms with Gasteiger partial charge in [-0.3, -0.25) is 4.98 Å². The highest BCUT2D eigenvalue weighted by Gasteiger charge is 2.32. The maximum absolute atomic E-state index is 13.3. The van der Waals surface area contributed by atoms with E-state index in [1.807, 2.05) is 0 Å². The van der Waals surface area contributed by atoms with Gasteiger partial charge in [0, 0.05) is 29.9 Å². The first-order valence-electron chi connectivity index (χ1n) is 16.0. The van der Waals surface area contributed by atoms with Crippen molar-refractivity contribution in [3.8, 4) is 16.9 Å². The number of alkyl halides is 3. The number of pyridine rings is 1.